The molecule has 1 unspecified atom stereocenters. The van der Waals surface area contributed by atoms with Crippen LogP contribution in [0.2, 0.25) is 0 Å². The number of anilines is 1. The average Bonchev–Trinajstić information content (AvgIpc) is 2.72. The summed E-state index contributed by atoms with van der Waals surface area (Å²) in [7, 11) is 1.57. The number of nitro benzene ring substituents is 1. The van der Waals surface area contributed by atoms with E-state index in [1.54, 1.807) is 38.2 Å². The molecule has 1 atom stereocenters. The minimum absolute atomic E-state index is 0.160. The fraction of sp³-hybridized carbons (Fsp3) is 0.350. The Balaban J connectivity index is 1.97. The maximum atomic E-state index is 14.2. The van der Waals surface area contributed by atoms with Crippen molar-refractivity contribution in [1.29, 1.82) is 0 Å². The Morgan fingerprint density at radius 1 is 1.25 bits per heavy atom. The topological polar surface area (TPSA) is 75.9 Å². The highest BCUT2D eigenvalue weighted by Gasteiger charge is 2.27. The Hall–Kier alpha value is -3.00. The van der Waals surface area contributed by atoms with E-state index < -0.39 is 22.7 Å². The van der Waals surface area contributed by atoms with Crippen LogP contribution in [0.3, 0.4) is 0 Å². The second kappa shape index (κ2) is 8.35. The summed E-state index contributed by atoms with van der Waals surface area (Å²) in [5.41, 5.74) is 1.07. The molecule has 7 nitrogen and oxygen atoms in total. The number of hydrogen-bond donors (Lipinski definition) is 0. The first-order chi connectivity index (χ1) is 13.4. The van der Waals surface area contributed by atoms with Gasteiger partial charge in [0.25, 0.3) is 11.6 Å². The lowest BCUT2D eigenvalue weighted by atomic mass is 10.0. The summed E-state index contributed by atoms with van der Waals surface area (Å²) < 4.78 is 19.5. The molecule has 0 saturated carbocycles. The molecule has 1 saturated heterocycles. The van der Waals surface area contributed by atoms with Crippen molar-refractivity contribution < 1.29 is 18.8 Å². The molecule has 1 aliphatic rings. The molecule has 3 rings (SSSR count). The van der Waals surface area contributed by atoms with E-state index in [1.165, 1.54) is 23.1 Å². The number of ether oxygens (including phenoxy) is 1. The molecule has 1 aliphatic heterocycles. The normalized spacial score (nSPS) is 15.2. The molecule has 0 spiro atoms. The molecule has 0 N–H and O–H groups in total. The number of morpholine rings is 1. The Morgan fingerprint density at radius 3 is 2.57 bits per heavy atom. The Labute approximate surface area is 162 Å². The van der Waals surface area contributed by atoms with Gasteiger partial charge in [-0.05, 0) is 19.1 Å². The largest absolute Gasteiger partial charge is 0.378 e. The first kappa shape index (κ1) is 19.8. The van der Waals surface area contributed by atoms with Gasteiger partial charge in [0, 0.05) is 37.8 Å². The molecule has 28 heavy (non-hydrogen) atoms. The summed E-state index contributed by atoms with van der Waals surface area (Å²) in [5.74, 6) is -0.803. The minimum Gasteiger partial charge on any atom is -0.378 e. The van der Waals surface area contributed by atoms with Crippen molar-refractivity contribution in [2.45, 2.75) is 13.0 Å². The van der Waals surface area contributed by atoms with Crippen LogP contribution >= 0.6 is 0 Å². The quantitative estimate of drug-likeness (QED) is 0.581. The lowest BCUT2D eigenvalue weighted by Gasteiger charge is -2.32. The zero-order valence-electron chi connectivity index (χ0n) is 15.8. The van der Waals surface area contributed by atoms with Gasteiger partial charge in [-0.15, -0.1) is 0 Å². The predicted octanol–water partition coefficient (Wildman–Crippen LogP) is 3.40. The third-order valence-corrected chi connectivity index (χ3v) is 5.03. The van der Waals surface area contributed by atoms with Gasteiger partial charge in [-0.1, -0.05) is 18.2 Å². The van der Waals surface area contributed by atoms with Crippen LogP contribution in [0.25, 0.3) is 0 Å². The van der Waals surface area contributed by atoms with E-state index >= 15 is 0 Å². The smallest absolute Gasteiger partial charge is 0.270 e. The van der Waals surface area contributed by atoms with E-state index in [0.29, 0.717) is 37.6 Å². The van der Waals surface area contributed by atoms with E-state index in [-0.39, 0.29) is 11.3 Å². The van der Waals surface area contributed by atoms with Gasteiger partial charge in [0.1, 0.15) is 5.82 Å². The molecular weight excluding hydrogens is 365 g/mol. The number of carbonyl (C=O) groups is 1. The molecular formula is C20H22FN3O4. The lowest BCUT2D eigenvalue weighted by molar-refractivity contribution is -0.384. The van der Waals surface area contributed by atoms with Crippen molar-refractivity contribution in [3.63, 3.8) is 0 Å². The molecule has 8 heteroatoms. The Bertz CT molecular complexity index is 884. The number of amides is 1. The van der Waals surface area contributed by atoms with Gasteiger partial charge in [-0.3, -0.25) is 14.9 Å². The van der Waals surface area contributed by atoms with Crippen molar-refractivity contribution in [2.24, 2.45) is 0 Å². The Morgan fingerprint density at radius 2 is 1.93 bits per heavy atom. The molecule has 0 aliphatic carbocycles. The van der Waals surface area contributed by atoms with Crippen LogP contribution in [0.5, 0.6) is 0 Å². The summed E-state index contributed by atoms with van der Waals surface area (Å²) >= 11 is 0. The van der Waals surface area contributed by atoms with Crippen LogP contribution in [0.4, 0.5) is 15.8 Å². The molecule has 1 amide bonds. The van der Waals surface area contributed by atoms with Crippen LogP contribution in [0, 0.1) is 15.9 Å². The zero-order valence-corrected chi connectivity index (χ0v) is 15.8. The van der Waals surface area contributed by atoms with Gasteiger partial charge in [-0.2, -0.15) is 0 Å². The van der Waals surface area contributed by atoms with Crippen molar-refractivity contribution in [3.8, 4) is 0 Å². The van der Waals surface area contributed by atoms with Gasteiger partial charge < -0.3 is 14.5 Å². The molecule has 1 fully saturated rings. The fourth-order valence-corrected chi connectivity index (χ4v) is 3.28. The van der Waals surface area contributed by atoms with Crippen LogP contribution < -0.4 is 4.90 Å². The third-order valence-electron chi connectivity index (χ3n) is 5.03. The van der Waals surface area contributed by atoms with Gasteiger partial charge >= 0.3 is 0 Å². The summed E-state index contributed by atoms with van der Waals surface area (Å²) in [6.07, 6.45) is 0. The third kappa shape index (κ3) is 3.96. The molecule has 2 aromatic carbocycles. The van der Waals surface area contributed by atoms with Gasteiger partial charge in [-0.25, -0.2) is 4.39 Å². The molecule has 1 heterocycles. The van der Waals surface area contributed by atoms with E-state index in [4.69, 9.17) is 4.74 Å². The van der Waals surface area contributed by atoms with Gasteiger partial charge in [0.2, 0.25) is 0 Å². The van der Waals surface area contributed by atoms with Gasteiger partial charge in [0.15, 0.2) is 0 Å². The molecule has 0 aromatic heterocycles. The van der Waals surface area contributed by atoms with Crippen LogP contribution in [-0.2, 0) is 4.74 Å². The summed E-state index contributed by atoms with van der Waals surface area (Å²) in [6.45, 7) is 3.94. The number of carbonyl (C=O) groups excluding carboxylic acids is 1. The second-order valence-corrected chi connectivity index (χ2v) is 6.67. The van der Waals surface area contributed by atoms with Crippen LogP contribution in [0.1, 0.15) is 28.9 Å². The van der Waals surface area contributed by atoms with E-state index in [0.717, 1.165) is 0 Å². The highest BCUT2D eigenvalue weighted by Crippen LogP contribution is 2.30. The number of halogens is 1. The zero-order chi connectivity index (χ0) is 20.3. The summed E-state index contributed by atoms with van der Waals surface area (Å²) in [4.78, 5) is 27.3. The van der Waals surface area contributed by atoms with Crippen LogP contribution in [-0.4, -0.2) is 49.1 Å². The SMILES string of the molecule is CC(c1ccccc1F)N(C)C(=O)c1cc([N+](=O)[O-])ccc1N1CCOCC1. The number of benzene rings is 2. The molecule has 0 bridgehead atoms. The number of nitrogens with zero attached hydrogens (tertiary/aromatic N) is 3. The maximum absolute atomic E-state index is 14.2. The van der Waals surface area contributed by atoms with Crippen molar-refractivity contribution in [1.82, 2.24) is 4.90 Å². The van der Waals surface area contributed by atoms with Crippen LogP contribution in [0.15, 0.2) is 42.5 Å². The number of rotatable bonds is 5. The first-order valence-corrected chi connectivity index (χ1v) is 9.03. The molecule has 2 aromatic rings. The fourth-order valence-electron chi connectivity index (χ4n) is 3.28. The standard InChI is InChI=1S/C20H22FN3O4/c1-14(16-5-3-4-6-18(16)21)22(2)20(25)17-13-15(24(26)27)7-8-19(17)23-9-11-28-12-10-23/h3-8,13-14H,9-12H2,1-2H3. The summed E-state index contributed by atoms with van der Waals surface area (Å²) in [5, 5.41) is 11.2. The number of non-ortho nitro benzene ring substituents is 1. The number of hydrogen-bond acceptors (Lipinski definition) is 5. The number of nitro groups is 1. The highest BCUT2D eigenvalue weighted by atomic mass is 19.1. The van der Waals surface area contributed by atoms with Crippen molar-refractivity contribution in [3.05, 3.63) is 69.5 Å². The lowest BCUT2D eigenvalue weighted by Crippen LogP contribution is -2.38. The van der Waals surface area contributed by atoms with E-state index in [9.17, 15) is 19.3 Å². The first-order valence-electron chi connectivity index (χ1n) is 9.03. The monoisotopic (exact) mass is 387 g/mol. The highest BCUT2D eigenvalue weighted by molar-refractivity contribution is 6.00. The van der Waals surface area contributed by atoms with E-state index in [2.05, 4.69) is 0 Å². The van der Waals surface area contributed by atoms with Crippen molar-refractivity contribution >= 4 is 17.3 Å². The predicted molar refractivity (Wildman–Crippen MR) is 103 cm³/mol. The maximum Gasteiger partial charge on any atom is 0.270 e. The Kier molecular flexibility index (Phi) is 5.89. The molecule has 0 radical (unpaired) electrons. The average molecular weight is 387 g/mol. The van der Waals surface area contributed by atoms with Gasteiger partial charge in [0.05, 0.1) is 35.4 Å². The summed E-state index contributed by atoms with van der Waals surface area (Å²) in [6, 6.07) is 10.0. The minimum atomic E-state index is -0.537. The van der Waals surface area contributed by atoms with E-state index in [1.807, 2.05) is 4.90 Å². The second-order valence-electron chi connectivity index (χ2n) is 6.67. The van der Waals surface area contributed by atoms with Crippen molar-refractivity contribution in [2.75, 3.05) is 38.3 Å². The molecule has 148 valence electrons.